The normalized spacial score (nSPS) is 12.5. The van der Waals surface area contributed by atoms with Gasteiger partial charge in [0.25, 0.3) is 0 Å². The number of halogens is 1. The second kappa shape index (κ2) is 10.1. The molecule has 0 amide bonds. The molecule has 34 heavy (non-hydrogen) atoms. The number of carbonyl (C=O) groups excluding carboxylic acids is 1. The van der Waals surface area contributed by atoms with Crippen molar-refractivity contribution in [2.75, 3.05) is 27.2 Å². The van der Waals surface area contributed by atoms with Crippen molar-refractivity contribution in [2.45, 2.75) is 32.2 Å². The Hall–Kier alpha value is -3.01. The van der Waals surface area contributed by atoms with E-state index in [1.54, 1.807) is 47.9 Å². The van der Waals surface area contributed by atoms with Crippen LogP contribution in [0.15, 0.2) is 53.2 Å². The van der Waals surface area contributed by atoms with E-state index in [9.17, 15) is 17.6 Å². The highest BCUT2D eigenvalue weighted by Crippen LogP contribution is 2.38. The number of benzene rings is 2. The largest absolute Gasteiger partial charge is 0.462 e. The third-order valence-electron chi connectivity index (χ3n) is 5.74. The zero-order valence-corrected chi connectivity index (χ0v) is 20.9. The minimum absolute atomic E-state index is 0.0347. The van der Waals surface area contributed by atoms with Gasteiger partial charge in [-0.3, -0.25) is 0 Å². The molecule has 0 aliphatic heterocycles. The molecule has 2 aromatic carbocycles. The van der Waals surface area contributed by atoms with Crippen LogP contribution in [0, 0.1) is 13.8 Å². The summed E-state index contributed by atoms with van der Waals surface area (Å²) >= 11 is 0. The predicted molar refractivity (Wildman–Crippen MR) is 132 cm³/mol. The number of sulfonamides is 1. The first-order valence-corrected chi connectivity index (χ1v) is 12.3. The Morgan fingerprint density at radius 3 is 2.50 bits per heavy atom. The smallest absolute Gasteiger partial charge is 0.338 e. The van der Waals surface area contributed by atoms with Gasteiger partial charge in [0, 0.05) is 42.8 Å². The lowest BCUT2D eigenvalue weighted by molar-refractivity contribution is 0.0526. The van der Waals surface area contributed by atoms with E-state index >= 15 is 0 Å². The number of hydrogen-bond acceptors (Lipinski definition) is 5. The van der Waals surface area contributed by atoms with E-state index in [-0.39, 0.29) is 30.4 Å². The van der Waals surface area contributed by atoms with Gasteiger partial charge in [0.1, 0.15) is 5.83 Å². The van der Waals surface area contributed by atoms with Crippen LogP contribution in [-0.4, -0.2) is 50.5 Å². The van der Waals surface area contributed by atoms with E-state index < -0.39 is 16.0 Å². The van der Waals surface area contributed by atoms with Crippen LogP contribution in [0.5, 0.6) is 0 Å². The summed E-state index contributed by atoms with van der Waals surface area (Å²) in [6, 6.07) is 10.0. The molecule has 0 saturated carbocycles. The SMILES string of the molecule is CCOC(=O)c1ccc2c(c1)c(-c1cc(S(=O)(=O)N(C)C)ccc1C)c(C)n2C/C(F)=C/CN. The zero-order chi connectivity index (χ0) is 25.2. The van der Waals surface area contributed by atoms with Gasteiger partial charge in [-0.05, 0) is 68.3 Å². The van der Waals surface area contributed by atoms with Gasteiger partial charge in [-0.25, -0.2) is 21.9 Å². The van der Waals surface area contributed by atoms with Crippen LogP contribution in [-0.2, 0) is 21.3 Å². The molecule has 0 atom stereocenters. The summed E-state index contributed by atoms with van der Waals surface area (Å²) in [4.78, 5) is 12.6. The number of aromatic nitrogens is 1. The Kier molecular flexibility index (Phi) is 7.60. The molecule has 9 heteroatoms. The number of rotatable bonds is 8. The first-order chi connectivity index (χ1) is 16.0. The Bertz CT molecular complexity index is 1370. The Balaban J connectivity index is 2.35. The summed E-state index contributed by atoms with van der Waals surface area (Å²) in [5.74, 6) is -0.847. The molecular formula is C25H30FN3O4S. The van der Waals surface area contributed by atoms with Crippen molar-refractivity contribution < 1.29 is 22.3 Å². The minimum atomic E-state index is -3.67. The fourth-order valence-electron chi connectivity index (χ4n) is 3.95. The molecule has 1 aromatic heterocycles. The first kappa shape index (κ1) is 25.6. The predicted octanol–water partition coefficient (Wildman–Crippen LogP) is 4.16. The molecule has 3 aromatic rings. The van der Waals surface area contributed by atoms with E-state index in [1.165, 1.54) is 20.2 Å². The van der Waals surface area contributed by atoms with Crippen molar-refractivity contribution in [3.63, 3.8) is 0 Å². The van der Waals surface area contributed by atoms with Gasteiger partial charge in [-0.2, -0.15) is 0 Å². The molecule has 0 radical (unpaired) electrons. The van der Waals surface area contributed by atoms with E-state index in [0.29, 0.717) is 22.0 Å². The monoisotopic (exact) mass is 487 g/mol. The molecule has 0 fully saturated rings. The second-order valence-electron chi connectivity index (χ2n) is 8.15. The molecule has 182 valence electrons. The summed E-state index contributed by atoms with van der Waals surface area (Å²) in [6.07, 6.45) is 1.31. The summed E-state index contributed by atoms with van der Waals surface area (Å²) in [5.41, 5.74) is 9.55. The average Bonchev–Trinajstić information content (AvgIpc) is 3.04. The van der Waals surface area contributed by atoms with Crippen LogP contribution in [0.1, 0.15) is 28.5 Å². The van der Waals surface area contributed by atoms with Crippen LogP contribution in [0.25, 0.3) is 22.0 Å². The highest BCUT2D eigenvalue weighted by molar-refractivity contribution is 7.89. The third kappa shape index (κ3) is 4.77. The molecule has 0 spiro atoms. The topological polar surface area (TPSA) is 94.6 Å². The molecule has 3 rings (SSSR count). The van der Waals surface area contributed by atoms with Crippen LogP contribution < -0.4 is 5.73 Å². The van der Waals surface area contributed by atoms with E-state index in [4.69, 9.17) is 10.5 Å². The van der Waals surface area contributed by atoms with E-state index in [1.807, 2.05) is 13.8 Å². The van der Waals surface area contributed by atoms with Gasteiger partial charge in [-0.15, -0.1) is 0 Å². The molecule has 7 nitrogen and oxygen atoms in total. The van der Waals surface area contributed by atoms with E-state index in [2.05, 4.69) is 0 Å². The highest BCUT2D eigenvalue weighted by Gasteiger charge is 2.23. The highest BCUT2D eigenvalue weighted by atomic mass is 32.2. The van der Waals surface area contributed by atoms with Crippen LogP contribution in [0.2, 0.25) is 0 Å². The summed E-state index contributed by atoms with van der Waals surface area (Å²) in [6.45, 7) is 5.74. The number of nitrogens with zero attached hydrogens (tertiary/aromatic N) is 2. The maximum atomic E-state index is 14.5. The summed E-state index contributed by atoms with van der Waals surface area (Å²) < 4.78 is 48.2. The lowest BCUT2D eigenvalue weighted by atomic mass is 9.97. The molecule has 0 aliphatic rings. The molecule has 1 heterocycles. The van der Waals surface area contributed by atoms with Gasteiger partial charge < -0.3 is 15.0 Å². The van der Waals surface area contributed by atoms with Crippen molar-refractivity contribution in [1.82, 2.24) is 8.87 Å². The maximum absolute atomic E-state index is 14.5. The molecule has 0 saturated heterocycles. The number of aryl methyl sites for hydroxylation is 1. The number of nitrogens with two attached hydrogens (primary N) is 1. The molecule has 0 unspecified atom stereocenters. The van der Waals surface area contributed by atoms with Crippen LogP contribution in [0.3, 0.4) is 0 Å². The maximum Gasteiger partial charge on any atom is 0.338 e. The fraction of sp³-hybridized carbons (Fsp3) is 0.320. The van der Waals surface area contributed by atoms with Crippen molar-refractivity contribution in [2.24, 2.45) is 5.73 Å². The molecular weight excluding hydrogens is 457 g/mol. The van der Waals surface area contributed by atoms with Gasteiger partial charge in [0.15, 0.2) is 0 Å². The average molecular weight is 488 g/mol. The Labute approximate surface area is 199 Å². The van der Waals surface area contributed by atoms with Gasteiger partial charge >= 0.3 is 5.97 Å². The standard InChI is InChI=1S/C25H30FN3O4S/c1-6-33-25(30)18-8-10-23-22(13-18)24(17(3)29(23)15-19(26)11-12-27)21-14-20(9-7-16(21)2)34(31,32)28(4)5/h7-11,13-14H,6,12,15,27H2,1-5H3/b19-11-. The van der Waals surface area contributed by atoms with E-state index in [0.717, 1.165) is 21.1 Å². The van der Waals surface area contributed by atoms with Crippen LogP contribution >= 0.6 is 0 Å². The number of allylic oxidation sites excluding steroid dienone is 1. The molecule has 0 aliphatic carbocycles. The fourth-order valence-corrected chi connectivity index (χ4v) is 4.88. The number of carbonyl (C=O) groups is 1. The Morgan fingerprint density at radius 2 is 1.88 bits per heavy atom. The number of hydrogen-bond donors (Lipinski definition) is 1. The van der Waals surface area contributed by atoms with Crippen molar-refractivity contribution in [3.05, 3.63) is 65.1 Å². The third-order valence-corrected chi connectivity index (χ3v) is 7.55. The van der Waals surface area contributed by atoms with Gasteiger partial charge in [-0.1, -0.05) is 6.07 Å². The summed E-state index contributed by atoms with van der Waals surface area (Å²) in [7, 11) is -0.717. The van der Waals surface area contributed by atoms with Crippen LogP contribution in [0.4, 0.5) is 4.39 Å². The number of ether oxygens (including phenoxy) is 1. The molecule has 0 bridgehead atoms. The zero-order valence-electron chi connectivity index (χ0n) is 20.1. The lowest BCUT2D eigenvalue weighted by Crippen LogP contribution is -2.22. The lowest BCUT2D eigenvalue weighted by Gasteiger charge is -2.14. The number of fused-ring (bicyclic) bond motifs is 1. The quantitative estimate of drug-likeness (QED) is 0.482. The van der Waals surface area contributed by atoms with Gasteiger partial charge in [0.05, 0.1) is 23.6 Å². The van der Waals surface area contributed by atoms with Crippen molar-refractivity contribution in [3.8, 4) is 11.1 Å². The number of esters is 1. The van der Waals surface area contributed by atoms with Crippen molar-refractivity contribution >= 4 is 26.9 Å². The van der Waals surface area contributed by atoms with Crippen molar-refractivity contribution in [1.29, 1.82) is 0 Å². The van der Waals surface area contributed by atoms with Gasteiger partial charge in [0.2, 0.25) is 10.0 Å². The summed E-state index contributed by atoms with van der Waals surface area (Å²) in [5, 5.41) is 0.700. The Morgan fingerprint density at radius 1 is 1.18 bits per heavy atom. The molecule has 2 N–H and O–H groups in total. The second-order valence-corrected chi connectivity index (χ2v) is 10.3. The first-order valence-electron chi connectivity index (χ1n) is 10.9. The minimum Gasteiger partial charge on any atom is -0.462 e.